The Balaban J connectivity index is 1.49. The van der Waals surface area contributed by atoms with Crippen LogP contribution in [0.25, 0.3) is 0 Å². The fourth-order valence-electron chi connectivity index (χ4n) is 2.69. The summed E-state index contributed by atoms with van der Waals surface area (Å²) < 4.78 is 16.5. The lowest BCUT2D eigenvalue weighted by atomic mass is 10.1. The fraction of sp³-hybridized carbons (Fsp3) is 0.350. The summed E-state index contributed by atoms with van der Waals surface area (Å²) in [4.78, 5) is 12.1. The van der Waals surface area contributed by atoms with E-state index in [4.69, 9.17) is 14.2 Å². The van der Waals surface area contributed by atoms with Gasteiger partial charge in [0, 0.05) is 19.4 Å². The maximum absolute atomic E-state index is 12.1. The van der Waals surface area contributed by atoms with Crippen LogP contribution in [0.3, 0.4) is 0 Å². The normalized spacial score (nSPS) is 13.0. The zero-order chi connectivity index (χ0) is 17.5. The second-order valence-corrected chi connectivity index (χ2v) is 5.96. The summed E-state index contributed by atoms with van der Waals surface area (Å²) in [7, 11) is 1.64. The van der Waals surface area contributed by atoms with Gasteiger partial charge in [-0.3, -0.25) is 4.79 Å². The maximum atomic E-state index is 12.1. The van der Waals surface area contributed by atoms with Crippen molar-refractivity contribution in [2.75, 3.05) is 20.3 Å². The monoisotopic (exact) mass is 341 g/mol. The van der Waals surface area contributed by atoms with Gasteiger partial charge in [-0.1, -0.05) is 18.2 Å². The van der Waals surface area contributed by atoms with E-state index >= 15 is 0 Å². The number of fused-ring (bicyclic) bond motifs is 1. The van der Waals surface area contributed by atoms with E-state index in [1.807, 2.05) is 42.5 Å². The van der Waals surface area contributed by atoms with Gasteiger partial charge in [0.25, 0.3) is 0 Å². The molecule has 25 heavy (non-hydrogen) atoms. The van der Waals surface area contributed by atoms with Gasteiger partial charge in [-0.05, 0) is 41.8 Å². The summed E-state index contributed by atoms with van der Waals surface area (Å²) in [6, 6.07) is 13.6. The van der Waals surface area contributed by atoms with Crippen molar-refractivity contribution >= 4 is 5.91 Å². The van der Waals surface area contributed by atoms with E-state index in [0.717, 1.165) is 34.8 Å². The smallest absolute Gasteiger partial charge is 0.220 e. The molecule has 0 fully saturated rings. The molecular formula is C20H23NO4. The Bertz CT molecular complexity index is 729. The average molecular weight is 341 g/mol. The molecule has 5 heteroatoms. The quantitative estimate of drug-likeness (QED) is 0.877. The summed E-state index contributed by atoms with van der Waals surface area (Å²) in [5, 5.41) is 2.95. The van der Waals surface area contributed by atoms with Gasteiger partial charge in [-0.25, -0.2) is 0 Å². The zero-order valence-corrected chi connectivity index (χ0v) is 14.4. The lowest BCUT2D eigenvalue weighted by Gasteiger charge is -2.10. The van der Waals surface area contributed by atoms with Crippen LogP contribution in [0.2, 0.25) is 0 Å². The van der Waals surface area contributed by atoms with E-state index in [1.54, 1.807) is 7.11 Å². The first-order valence-corrected chi connectivity index (χ1v) is 8.53. The number of methoxy groups -OCH3 is 1. The van der Waals surface area contributed by atoms with E-state index in [2.05, 4.69) is 5.32 Å². The lowest BCUT2D eigenvalue weighted by molar-refractivity contribution is -0.121. The van der Waals surface area contributed by atoms with Crippen LogP contribution in [0.15, 0.2) is 42.5 Å². The van der Waals surface area contributed by atoms with Gasteiger partial charge in [0.1, 0.15) is 5.75 Å². The number of carbonyl (C=O) groups excluding carboxylic acids is 1. The number of hydrogen-bond acceptors (Lipinski definition) is 4. The Labute approximate surface area is 147 Å². The molecule has 0 saturated heterocycles. The summed E-state index contributed by atoms with van der Waals surface area (Å²) in [6.45, 7) is 1.81. The van der Waals surface area contributed by atoms with E-state index < -0.39 is 0 Å². The van der Waals surface area contributed by atoms with Crippen LogP contribution in [0.4, 0.5) is 0 Å². The van der Waals surface area contributed by atoms with Crippen LogP contribution in [0, 0.1) is 0 Å². The molecule has 0 radical (unpaired) electrons. The minimum atomic E-state index is 0.0231. The fourth-order valence-corrected chi connectivity index (χ4v) is 2.69. The van der Waals surface area contributed by atoms with Crippen molar-refractivity contribution in [1.82, 2.24) is 5.32 Å². The Morgan fingerprint density at radius 2 is 1.92 bits per heavy atom. The van der Waals surface area contributed by atoms with Crippen LogP contribution >= 0.6 is 0 Å². The largest absolute Gasteiger partial charge is 0.497 e. The van der Waals surface area contributed by atoms with Crippen LogP contribution in [-0.4, -0.2) is 26.2 Å². The van der Waals surface area contributed by atoms with Gasteiger partial charge in [0.2, 0.25) is 5.91 Å². The zero-order valence-electron chi connectivity index (χ0n) is 14.4. The minimum absolute atomic E-state index is 0.0231. The van der Waals surface area contributed by atoms with Crippen molar-refractivity contribution in [2.45, 2.75) is 25.8 Å². The Morgan fingerprint density at radius 3 is 2.76 bits per heavy atom. The molecular weight excluding hydrogens is 318 g/mol. The van der Waals surface area contributed by atoms with Gasteiger partial charge in [0.05, 0.1) is 20.3 Å². The summed E-state index contributed by atoms with van der Waals surface area (Å²) in [5.41, 5.74) is 2.09. The standard InChI is InChI=1S/C20H23NO4/c1-23-17-5-2-4-15(12-17)7-9-20(22)21-14-16-6-8-18-19(13-16)25-11-3-10-24-18/h2,4-6,8,12-13H,3,7,9-11,14H2,1H3,(H,21,22). The molecule has 0 atom stereocenters. The molecule has 1 amide bonds. The average Bonchev–Trinajstić information content (AvgIpc) is 2.89. The first kappa shape index (κ1) is 17.1. The number of hydrogen-bond donors (Lipinski definition) is 1. The number of carbonyl (C=O) groups is 1. The molecule has 0 aliphatic carbocycles. The highest BCUT2D eigenvalue weighted by Gasteiger charge is 2.11. The van der Waals surface area contributed by atoms with Crippen LogP contribution < -0.4 is 19.5 Å². The summed E-state index contributed by atoms with van der Waals surface area (Å²) in [6.07, 6.45) is 2.01. The molecule has 0 bridgehead atoms. The lowest BCUT2D eigenvalue weighted by Crippen LogP contribution is -2.23. The highest BCUT2D eigenvalue weighted by atomic mass is 16.5. The highest BCUT2D eigenvalue weighted by Crippen LogP contribution is 2.30. The Kier molecular flexibility index (Phi) is 5.77. The van der Waals surface area contributed by atoms with Crippen molar-refractivity contribution in [3.63, 3.8) is 0 Å². The van der Waals surface area contributed by atoms with Crippen molar-refractivity contribution < 1.29 is 19.0 Å². The first-order chi connectivity index (χ1) is 12.2. The van der Waals surface area contributed by atoms with E-state index in [-0.39, 0.29) is 5.91 Å². The molecule has 1 aliphatic rings. The number of benzene rings is 2. The van der Waals surface area contributed by atoms with Gasteiger partial charge in [-0.2, -0.15) is 0 Å². The molecule has 1 heterocycles. The summed E-state index contributed by atoms with van der Waals surface area (Å²) in [5.74, 6) is 2.35. The second kappa shape index (κ2) is 8.42. The molecule has 2 aromatic carbocycles. The van der Waals surface area contributed by atoms with E-state index in [0.29, 0.717) is 32.6 Å². The third kappa shape index (κ3) is 4.89. The SMILES string of the molecule is COc1cccc(CCC(=O)NCc2ccc3c(c2)OCCCO3)c1. The molecule has 2 aromatic rings. The predicted octanol–water partition coefficient (Wildman–Crippen LogP) is 3.11. The molecule has 0 spiro atoms. The molecule has 1 aliphatic heterocycles. The van der Waals surface area contributed by atoms with E-state index in [9.17, 15) is 4.79 Å². The van der Waals surface area contributed by atoms with Crippen LogP contribution in [0.5, 0.6) is 17.2 Å². The number of amides is 1. The molecule has 1 N–H and O–H groups in total. The summed E-state index contributed by atoms with van der Waals surface area (Å²) >= 11 is 0. The number of rotatable bonds is 6. The van der Waals surface area contributed by atoms with Gasteiger partial charge in [-0.15, -0.1) is 0 Å². The Hall–Kier alpha value is -2.69. The molecule has 5 nitrogen and oxygen atoms in total. The number of ether oxygens (including phenoxy) is 3. The van der Waals surface area contributed by atoms with Crippen LogP contribution in [0.1, 0.15) is 24.0 Å². The highest BCUT2D eigenvalue weighted by molar-refractivity contribution is 5.76. The maximum Gasteiger partial charge on any atom is 0.220 e. The predicted molar refractivity (Wildman–Crippen MR) is 95.2 cm³/mol. The number of aryl methyl sites for hydroxylation is 1. The molecule has 0 unspecified atom stereocenters. The molecule has 0 saturated carbocycles. The molecule has 3 rings (SSSR count). The van der Waals surface area contributed by atoms with Crippen molar-refractivity contribution in [2.24, 2.45) is 0 Å². The Morgan fingerprint density at radius 1 is 1.08 bits per heavy atom. The van der Waals surface area contributed by atoms with Crippen molar-refractivity contribution in [1.29, 1.82) is 0 Å². The van der Waals surface area contributed by atoms with Crippen molar-refractivity contribution in [3.05, 3.63) is 53.6 Å². The second-order valence-electron chi connectivity index (χ2n) is 5.96. The van der Waals surface area contributed by atoms with Gasteiger partial charge < -0.3 is 19.5 Å². The third-order valence-corrected chi connectivity index (χ3v) is 4.08. The minimum Gasteiger partial charge on any atom is -0.497 e. The third-order valence-electron chi connectivity index (χ3n) is 4.08. The van der Waals surface area contributed by atoms with Crippen molar-refractivity contribution in [3.8, 4) is 17.2 Å². The van der Waals surface area contributed by atoms with Gasteiger partial charge in [0.15, 0.2) is 11.5 Å². The topological polar surface area (TPSA) is 56.8 Å². The molecule has 132 valence electrons. The number of nitrogens with one attached hydrogen (secondary N) is 1. The van der Waals surface area contributed by atoms with E-state index in [1.165, 1.54) is 0 Å². The van der Waals surface area contributed by atoms with Gasteiger partial charge >= 0.3 is 0 Å². The first-order valence-electron chi connectivity index (χ1n) is 8.53. The molecule has 0 aromatic heterocycles. The van der Waals surface area contributed by atoms with Crippen LogP contribution in [-0.2, 0) is 17.8 Å².